The number of alkyl halides is 1. The van der Waals surface area contributed by atoms with Crippen LogP contribution < -0.4 is 0 Å². The first-order chi connectivity index (χ1) is 25.3. The molecule has 0 amide bonds. The lowest BCUT2D eigenvalue weighted by Crippen LogP contribution is -2.31. The molecule has 0 aliphatic carbocycles. The summed E-state index contributed by atoms with van der Waals surface area (Å²) in [4.78, 5) is 46.0. The molecule has 0 rings (SSSR count). The average molecular weight is 760 g/mol. The molecule has 304 valence electrons. The fraction of sp³-hybridized carbons (Fsp3) is 0.857. The normalized spacial score (nSPS) is 12.5. The van der Waals surface area contributed by atoms with E-state index in [2.05, 4.69) is 13.0 Å². The first-order valence-electron chi connectivity index (χ1n) is 20.9. The number of carboxylic acids is 1. The van der Waals surface area contributed by atoms with Gasteiger partial charge in [-0.05, 0) is 64.2 Å². The van der Waals surface area contributed by atoms with Crippen LogP contribution >= 0.6 is 11.6 Å². The third-order valence-electron chi connectivity index (χ3n) is 9.30. The number of aliphatic carboxylic acids is 1. The van der Waals surface area contributed by atoms with Crippen molar-refractivity contribution in [2.24, 2.45) is 0 Å². The lowest BCUT2D eigenvalue weighted by Gasteiger charge is -2.22. The smallest absolute Gasteiger partial charge is 0.321 e. The predicted molar refractivity (Wildman–Crippen MR) is 209 cm³/mol. The van der Waals surface area contributed by atoms with Gasteiger partial charge in [-0.3, -0.25) is 19.2 Å². The zero-order valence-corrected chi connectivity index (χ0v) is 33.5. The van der Waals surface area contributed by atoms with Gasteiger partial charge in [0, 0.05) is 19.3 Å². The van der Waals surface area contributed by atoms with Crippen LogP contribution in [0.3, 0.4) is 0 Å². The zero-order chi connectivity index (χ0) is 38.3. The number of hydrogen-bond donors (Lipinski definition) is 2. The van der Waals surface area contributed by atoms with E-state index in [1.807, 2.05) is 6.08 Å². The molecule has 2 atom stereocenters. The molecule has 0 saturated carbocycles. The van der Waals surface area contributed by atoms with Crippen LogP contribution in [0.1, 0.15) is 200 Å². The third kappa shape index (κ3) is 36.2. The van der Waals surface area contributed by atoms with E-state index in [9.17, 15) is 24.3 Å². The summed E-state index contributed by atoms with van der Waals surface area (Å²) in [5.74, 6) is -1.58. The summed E-state index contributed by atoms with van der Waals surface area (Å²) in [6.07, 6.45) is 31.1. The van der Waals surface area contributed by atoms with Crippen LogP contribution in [0.2, 0.25) is 0 Å². The number of halogens is 1. The van der Waals surface area contributed by atoms with E-state index in [0.29, 0.717) is 38.9 Å². The number of aliphatic hydroxyl groups is 1. The van der Waals surface area contributed by atoms with Gasteiger partial charge in [-0.25, -0.2) is 0 Å². The highest BCUT2D eigenvalue weighted by molar-refractivity contribution is 6.26. The summed E-state index contributed by atoms with van der Waals surface area (Å²) in [5.41, 5.74) is 0. The molecule has 0 radical (unpaired) electrons. The highest BCUT2D eigenvalue weighted by Gasteiger charge is 2.21. The Hall–Kier alpha value is -2.13. The second-order valence-corrected chi connectivity index (χ2v) is 14.5. The molecule has 0 aliphatic heterocycles. The number of ether oxygens (including phenoxy) is 3. The van der Waals surface area contributed by atoms with Crippen molar-refractivity contribution in [1.29, 1.82) is 0 Å². The van der Waals surface area contributed by atoms with Gasteiger partial charge in [0.15, 0.2) is 0 Å². The number of rotatable bonds is 39. The lowest BCUT2D eigenvalue weighted by atomic mass is 10.0. The molecule has 2 unspecified atom stereocenters. The standard InChI is InChI=1S/C42H75ClO9/c1-2-3-22-30-38(52-42(49)36-43)37(44)29-23-16-10-4-6-12-18-25-32-40(47)50-34-27-20-14-8-9-15-21-28-35-51-41(48)33-26-19-13-7-5-11-17-24-31-39(45)46/h16,23,37-38,44H,2-15,17-22,24-36H2,1H3,(H,45,46). The fourth-order valence-electron chi connectivity index (χ4n) is 6.08. The first-order valence-corrected chi connectivity index (χ1v) is 21.4. The number of allylic oxidation sites excluding steroid dienone is 1. The molecule has 0 fully saturated rings. The van der Waals surface area contributed by atoms with Gasteiger partial charge < -0.3 is 24.4 Å². The minimum absolute atomic E-state index is 0.0848. The maximum atomic E-state index is 12.0. The molecule has 0 heterocycles. The van der Waals surface area contributed by atoms with Crippen molar-refractivity contribution in [3.8, 4) is 0 Å². The second-order valence-electron chi connectivity index (χ2n) is 14.2. The number of carbonyl (C=O) groups excluding carboxylic acids is 3. The molecule has 0 saturated heterocycles. The van der Waals surface area contributed by atoms with Gasteiger partial charge in [0.1, 0.15) is 12.0 Å². The monoisotopic (exact) mass is 759 g/mol. The Morgan fingerprint density at radius 3 is 1.46 bits per heavy atom. The Labute approximate surface area is 321 Å². The lowest BCUT2D eigenvalue weighted by molar-refractivity contribution is -0.152. The Morgan fingerprint density at radius 1 is 0.558 bits per heavy atom. The Bertz CT molecular complexity index is 895. The van der Waals surface area contributed by atoms with Gasteiger partial charge in [0.05, 0.1) is 19.3 Å². The van der Waals surface area contributed by atoms with Gasteiger partial charge in [0.2, 0.25) is 0 Å². The van der Waals surface area contributed by atoms with Crippen LogP contribution in [0.15, 0.2) is 12.2 Å². The van der Waals surface area contributed by atoms with Crippen molar-refractivity contribution < 1.29 is 43.6 Å². The third-order valence-corrected chi connectivity index (χ3v) is 9.51. The number of carboxylic acid groups (broad SMARTS) is 1. The SMILES string of the molecule is CCCCCC(OC(=O)CCl)C(O)CC=CCCCCCCCC(=O)OCCCCCCCCCCOC(=O)CCCCCCCCCCC(=O)O. The fourth-order valence-corrected chi connectivity index (χ4v) is 6.14. The maximum Gasteiger partial charge on any atom is 0.321 e. The van der Waals surface area contributed by atoms with Crippen molar-refractivity contribution in [3.63, 3.8) is 0 Å². The van der Waals surface area contributed by atoms with E-state index in [-0.39, 0.29) is 24.2 Å². The van der Waals surface area contributed by atoms with Gasteiger partial charge in [-0.2, -0.15) is 0 Å². The Kier molecular flexibility index (Phi) is 37.0. The van der Waals surface area contributed by atoms with Crippen LogP contribution in [-0.4, -0.2) is 65.4 Å². The Balaban J connectivity index is 3.49. The van der Waals surface area contributed by atoms with Gasteiger partial charge >= 0.3 is 23.9 Å². The quantitative estimate of drug-likeness (QED) is 0.0206. The molecule has 10 heteroatoms. The van der Waals surface area contributed by atoms with E-state index in [4.69, 9.17) is 30.9 Å². The highest BCUT2D eigenvalue weighted by Crippen LogP contribution is 2.16. The van der Waals surface area contributed by atoms with Crippen molar-refractivity contribution in [2.75, 3.05) is 19.1 Å². The molecular formula is C42H75ClO9. The summed E-state index contributed by atoms with van der Waals surface area (Å²) in [7, 11) is 0. The van der Waals surface area contributed by atoms with Crippen LogP contribution in [0, 0.1) is 0 Å². The largest absolute Gasteiger partial charge is 0.481 e. The molecule has 0 bridgehead atoms. The van der Waals surface area contributed by atoms with E-state index in [1.165, 1.54) is 12.8 Å². The number of unbranched alkanes of at least 4 members (excludes halogenated alkanes) is 21. The topological polar surface area (TPSA) is 136 Å². The maximum absolute atomic E-state index is 12.0. The average Bonchev–Trinajstić information content (AvgIpc) is 3.12. The van der Waals surface area contributed by atoms with Crippen molar-refractivity contribution >= 4 is 35.5 Å². The molecule has 0 aromatic heterocycles. The summed E-state index contributed by atoms with van der Waals surface area (Å²) in [6.45, 7) is 3.14. The number of carbonyl (C=O) groups is 4. The van der Waals surface area contributed by atoms with Gasteiger partial charge in [0.25, 0.3) is 0 Å². The van der Waals surface area contributed by atoms with E-state index in [0.717, 1.165) is 148 Å². The first kappa shape index (κ1) is 49.9. The molecular weight excluding hydrogens is 684 g/mol. The summed E-state index contributed by atoms with van der Waals surface area (Å²) >= 11 is 5.56. The van der Waals surface area contributed by atoms with Gasteiger partial charge in [-0.1, -0.05) is 128 Å². The molecule has 0 spiro atoms. The summed E-state index contributed by atoms with van der Waals surface area (Å²) < 4.78 is 16.1. The second kappa shape index (κ2) is 38.6. The number of hydrogen-bond acceptors (Lipinski definition) is 8. The van der Waals surface area contributed by atoms with E-state index in [1.54, 1.807) is 0 Å². The van der Waals surface area contributed by atoms with E-state index >= 15 is 0 Å². The molecule has 9 nitrogen and oxygen atoms in total. The van der Waals surface area contributed by atoms with Crippen molar-refractivity contribution in [3.05, 3.63) is 12.2 Å². The van der Waals surface area contributed by atoms with Crippen LogP contribution in [0.5, 0.6) is 0 Å². The predicted octanol–water partition coefficient (Wildman–Crippen LogP) is 10.9. The number of aliphatic hydroxyl groups excluding tert-OH is 1. The molecule has 0 aliphatic rings. The zero-order valence-electron chi connectivity index (χ0n) is 32.8. The minimum Gasteiger partial charge on any atom is -0.481 e. The highest BCUT2D eigenvalue weighted by atomic mass is 35.5. The van der Waals surface area contributed by atoms with Crippen LogP contribution in [-0.2, 0) is 33.4 Å². The van der Waals surface area contributed by atoms with Crippen molar-refractivity contribution in [1.82, 2.24) is 0 Å². The molecule has 2 N–H and O–H groups in total. The summed E-state index contributed by atoms with van der Waals surface area (Å²) in [5, 5.41) is 19.1. The van der Waals surface area contributed by atoms with E-state index < -0.39 is 24.1 Å². The molecule has 52 heavy (non-hydrogen) atoms. The summed E-state index contributed by atoms with van der Waals surface area (Å²) in [6, 6.07) is 0. The van der Waals surface area contributed by atoms with Crippen LogP contribution in [0.4, 0.5) is 0 Å². The molecule has 0 aromatic rings. The molecule has 0 aromatic carbocycles. The van der Waals surface area contributed by atoms with Gasteiger partial charge in [-0.15, -0.1) is 11.6 Å². The minimum atomic E-state index is -0.715. The van der Waals surface area contributed by atoms with Crippen molar-refractivity contribution in [2.45, 2.75) is 212 Å². The van der Waals surface area contributed by atoms with Crippen LogP contribution in [0.25, 0.3) is 0 Å². The Morgan fingerprint density at radius 2 is 1.00 bits per heavy atom. The number of esters is 3.